The van der Waals surface area contributed by atoms with Crippen molar-refractivity contribution in [1.29, 1.82) is 0 Å². The maximum atomic E-state index is 9.00. The van der Waals surface area contributed by atoms with Gasteiger partial charge in [0.1, 0.15) is 0 Å². The van der Waals surface area contributed by atoms with E-state index in [0.29, 0.717) is 0 Å². The molecule has 3 nitrogen and oxygen atoms in total. The van der Waals surface area contributed by atoms with Gasteiger partial charge in [0.25, 0.3) is 0 Å². The van der Waals surface area contributed by atoms with Gasteiger partial charge in [-0.1, -0.05) is 0 Å². The van der Waals surface area contributed by atoms with Gasteiger partial charge in [-0.3, -0.25) is 0 Å². The molecule has 0 aliphatic heterocycles. The van der Waals surface area contributed by atoms with Gasteiger partial charge in [0.2, 0.25) is 0 Å². The van der Waals surface area contributed by atoms with E-state index in [-0.39, 0.29) is 29.6 Å². The minimum atomic E-state index is -4.08. The summed E-state index contributed by atoms with van der Waals surface area (Å²) in [4.78, 5) is 0. The molecule has 0 aromatic carbocycles. The van der Waals surface area contributed by atoms with Gasteiger partial charge in [-0.05, 0) is 11.2 Å². The molecule has 6 heavy (non-hydrogen) atoms. The molecular weight excluding hydrogens is 135 g/mol. The van der Waals surface area contributed by atoms with Gasteiger partial charge in [0.05, 0.1) is 9.05 Å². The van der Waals surface area contributed by atoms with Crippen molar-refractivity contribution in [3.05, 3.63) is 0 Å². The summed E-state index contributed by atoms with van der Waals surface area (Å²) >= 11 is 3.35. The summed E-state index contributed by atoms with van der Waals surface area (Å²) in [6, 6.07) is 0. The molecule has 0 heterocycles. The molecule has 0 spiro atoms. The third-order valence-corrected chi connectivity index (χ3v) is 0. The predicted molar refractivity (Wildman–Crippen MR) is 18.9 cm³/mol. The topological polar surface area (TPSA) is 60.4 Å². The quantitative estimate of drug-likeness (QED) is 0.349. The van der Waals surface area contributed by atoms with E-state index in [4.69, 9.17) is 13.3 Å². The van der Waals surface area contributed by atoms with Gasteiger partial charge in [0, 0.05) is 0 Å². The van der Waals surface area contributed by atoms with Gasteiger partial charge in [0.15, 0.2) is 0 Å². The number of rotatable bonds is 0. The summed E-state index contributed by atoms with van der Waals surface area (Å²) < 4.78 is 25.3. The van der Waals surface area contributed by atoms with Crippen LogP contribution < -0.4 is 29.6 Å². The van der Waals surface area contributed by atoms with E-state index in [0.717, 1.165) is 0 Å². The largest absolute Gasteiger partial charge is 1.00 e. The van der Waals surface area contributed by atoms with Gasteiger partial charge in [-0.2, -0.15) is 0 Å². The normalized spacial score (nSPS) is 17.7. The zero-order chi connectivity index (χ0) is 4.50. The molecule has 0 rings (SSSR count). The number of hydrogen-bond donors (Lipinski definition) is 1. The predicted octanol–water partition coefficient (Wildman–Crippen LogP) is -3.66. The van der Waals surface area contributed by atoms with E-state index in [1.54, 1.807) is 0 Å². The van der Waals surface area contributed by atoms with Crippen LogP contribution in [0.3, 0.4) is 0 Å². The van der Waals surface area contributed by atoms with Crippen molar-refractivity contribution in [1.82, 2.24) is 0 Å². The maximum absolute atomic E-state index is 9.00. The first kappa shape index (κ1) is 10.3. The summed E-state index contributed by atoms with van der Waals surface area (Å²) in [7, 11) is -4.08. The molecule has 0 aliphatic carbocycles. The molecule has 0 bridgehead atoms. The van der Waals surface area contributed by atoms with Crippen LogP contribution >= 0.6 is 0 Å². The molecule has 1 unspecified atom stereocenters. The van der Waals surface area contributed by atoms with Crippen LogP contribution in [0.2, 0.25) is 0 Å². The van der Waals surface area contributed by atoms with Crippen LogP contribution in [0.4, 0.5) is 0 Å². The Kier molecular flexibility index (Phi) is 5.69. The molecule has 0 amide bonds. The molecule has 0 aromatic heterocycles. The molecule has 32 valence electrons. The van der Waals surface area contributed by atoms with E-state index in [1.165, 1.54) is 0 Å². The smallest absolute Gasteiger partial charge is 0.748 e. The zero-order valence-corrected chi connectivity index (χ0v) is 6.71. The zero-order valence-electron chi connectivity index (χ0n) is 3.08. The van der Waals surface area contributed by atoms with Crippen molar-refractivity contribution < 1.29 is 42.9 Å². The third kappa shape index (κ3) is 58.5. The summed E-state index contributed by atoms with van der Waals surface area (Å²) in [5, 5.41) is 0. The standard InChI is InChI=1S/Na.H2O3S2/c;1-5(2,3)4/h;(H2,1,2,3,4)/q+1;/p-1. The molecule has 0 saturated carbocycles. The average molecular weight is 136 g/mol. The Morgan fingerprint density at radius 3 is 1.83 bits per heavy atom. The Hall–Kier alpha value is 1.29. The van der Waals surface area contributed by atoms with E-state index >= 15 is 0 Å². The SMILES string of the molecule is O=S([O-])(O)=S.[Na+]. The van der Waals surface area contributed by atoms with Crippen molar-refractivity contribution in [3.8, 4) is 0 Å². The summed E-state index contributed by atoms with van der Waals surface area (Å²) in [5.74, 6) is 0. The third-order valence-electron chi connectivity index (χ3n) is 0. The van der Waals surface area contributed by atoms with E-state index in [2.05, 4.69) is 11.2 Å². The maximum Gasteiger partial charge on any atom is 1.00 e. The number of hydrogen-bond acceptors (Lipinski definition) is 3. The van der Waals surface area contributed by atoms with Crippen LogP contribution in [-0.4, -0.2) is 13.3 Å². The molecular formula is HNaO3S2. The van der Waals surface area contributed by atoms with Gasteiger partial charge >= 0.3 is 29.6 Å². The van der Waals surface area contributed by atoms with Crippen LogP contribution in [0.25, 0.3) is 0 Å². The molecule has 0 fully saturated rings. The van der Waals surface area contributed by atoms with E-state index in [1.807, 2.05) is 0 Å². The molecule has 6 heteroatoms. The van der Waals surface area contributed by atoms with Gasteiger partial charge < -0.3 is 9.11 Å². The fraction of sp³-hybridized carbons (Fsp3) is 0. The minimum absolute atomic E-state index is 0. The Morgan fingerprint density at radius 1 is 1.83 bits per heavy atom. The van der Waals surface area contributed by atoms with Gasteiger partial charge in [-0.15, -0.1) is 0 Å². The van der Waals surface area contributed by atoms with Crippen LogP contribution in [0.15, 0.2) is 0 Å². The average Bonchev–Trinajstić information content (AvgIpc) is 0.722. The van der Waals surface area contributed by atoms with Crippen LogP contribution in [-0.2, 0) is 20.2 Å². The summed E-state index contributed by atoms with van der Waals surface area (Å²) in [6.07, 6.45) is 0. The van der Waals surface area contributed by atoms with Crippen molar-refractivity contribution in [2.24, 2.45) is 0 Å². The van der Waals surface area contributed by atoms with Crippen molar-refractivity contribution in [2.45, 2.75) is 0 Å². The summed E-state index contributed by atoms with van der Waals surface area (Å²) in [5.41, 5.74) is 0. The van der Waals surface area contributed by atoms with Gasteiger partial charge in [-0.25, -0.2) is 4.21 Å². The van der Waals surface area contributed by atoms with Crippen LogP contribution in [0.1, 0.15) is 0 Å². The fourth-order valence-corrected chi connectivity index (χ4v) is 0. The molecule has 0 radical (unpaired) electrons. The molecule has 0 aliphatic rings. The Bertz CT molecular complexity index is 92.0. The van der Waals surface area contributed by atoms with Crippen molar-refractivity contribution >= 4 is 20.2 Å². The first-order valence-electron chi connectivity index (χ1n) is 0.683. The monoisotopic (exact) mass is 136 g/mol. The second-order valence-electron chi connectivity index (χ2n) is 0.428. The minimum Gasteiger partial charge on any atom is -0.748 e. The molecule has 0 aromatic rings. The first-order valence-corrected chi connectivity index (χ1v) is 3.05. The molecule has 1 atom stereocenters. The Morgan fingerprint density at radius 2 is 1.83 bits per heavy atom. The Balaban J connectivity index is 0. The van der Waals surface area contributed by atoms with Crippen molar-refractivity contribution in [3.63, 3.8) is 0 Å². The fourth-order valence-electron chi connectivity index (χ4n) is 0. The molecule has 0 saturated heterocycles. The van der Waals surface area contributed by atoms with Crippen molar-refractivity contribution in [2.75, 3.05) is 0 Å². The van der Waals surface area contributed by atoms with Crippen LogP contribution in [0.5, 0.6) is 0 Å². The van der Waals surface area contributed by atoms with E-state index in [9.17, 15) is 0 Å². The second kappa shape index (κ2) is 3.31. The first-order chi connectivity index (χ1) is 2.00. The van der Waals surface area contributed by atoms with E-state index < -0.39 is 9.05 Å². The molecule has 1 N–H and O–H groups in total. The second-order valence-corrected chi connectivity index (χ2v) is 2.55. The summed E-state index contributed by atoms with van der Waals surface area (Å²) in [6.45, 7) is 0. The van der Waals surface area contributed by atoms with Crippen LogP contribution in [0, 0.1) is 0 Å². The Labute approximate surface area is 62.7 Å².